The third kappa shape index (κ3) is 3.89. The third-order valence-corrected chi connectivity index (χ3v) is 3.76. The van der Waals surface area contributed by atoms with Gasteiger partial charge in [0.1, 0.15) is 0 Å². The Bertz CT molecular complexity index is 675. The minimum Gasteiger partial charge on any atom is -0.469 e. The summed E-state index contributed by atoms with van der Waals surface area (Å²) in [5.74, 6) is -0.587. The van der Waals surface area contributed by atoms with Gasteiger partial charge in [0.05, 0.1) is 25.7 Å². The Labute approximate surface area is 136 Å². The highest BCUT2D eigenvalue weighted by molar-refractivity contribution is 6.00. The topological polar surface area (TPSA) is 52.6 Å². The van der Waals surface area contributed by atoms with Gasteiger partial charge < -0.3 is 9.47 Å². The van der Waals surface area contributed by atoms with Crippen LogP contribution in [0.4, 0.5) is 0 Å². The molecule has 0 N–H and O–H groups in total. The van der Waals surface area contributed by atoms with Crippen molar-refractivity contribution in [1.82, 2.24) is 0 Å². The summed E-state index contributed by atoms with van der Waals surface area (Å²) < 4.78 is 9.86. The molecule has 0 amide bonds. The molecule has 2 rings (SSSR count). The van der Waals surface area contributed by atoms with Crippen LogP contribution < -0.4 is 0 Å². The number of carbonyl (C=O) groups excluding carboxylic acids is 2. The summed E-state index contributed by atoms with van der Waals surface area (Å²) >= 11 is 0. The van der Waals surface area contributed by atoms with Gasteiger partial charge in [0, 0.05) is 0 Å². The first kappa shape index (κ1) is 17.0. The zero-order valence-corrected chi connectivity index (χ0v) is 13.8. The lowest BCUT2D eigenvalue weighted by atomic mass is 10.1. The maximum absolute atomic E-state index is 12.2. The second-order valence-electron chi connectivity index (χ2n) is 5.38. The van der Waals surface area contributed by atoms with Crippen molar-refractivity contribution in [3.63, 3.8) is 0 Å². The van der Waals surface area contributed by atoms with Gasteiger partial charge in [-0.1, -0.05) is 37.6 Å². The predicted molar refractivity (Wildman–Crippen MR) is 88.7 cm³/mol. The zero-order chi connectivity index (χ0) is 16.8. The molecule has 23 heavy (non-hydrogen) atoms. The standard InChI is InChI=1S/C19H22O4/c1-4-6-14-12-17(19(21)23-5-2)16-10-8-13(7-9-15(14)16)11-18(20)22-3/h7-10,12H,4-6,11H2,1-3H3. The first-order valence-electron chi connectivity index (χ1n) is 7.89. The molecule has 4 nitrogen and oxygen atoms in total. The fourth-order valence-corrected chi connectivity index (χ4v) is 2.67. The van der Waals surface area contributed by atoms with Crippen molar-refractivity contribution in [1.29, 1.82) is 0 Å². The monoisotopic (exact) mass is 314 g/mol. The highest BCUT2D eigenvalue weighted by Gasteiger charge is 2.20. The van der Waals surface area contributed by atoms with Gasteiger partial charge >= 0.3 is 11.9 Å². The highest BCUT2D eigenvalue weighted by atomic mass is 16.5. The molecule has 0 aliphatic heterocycles. The van der Waals surface area contributed by atoms with Crippen LogP contribution in [-0.2, 0) is 27.1 Å². The van der Waals surface area contributed by atoms with Crippen molar-refractivity contribution >= 4 is 11.9 Å². The van der Waals surface area contributed by atoms with E-state index in [0.29, 0.717) is 12.2 Å². The second-order valence-corrected chi connectivity index (χ2v) is 5.38. The quantitative estimate of drug-likeness (QED) is 0.764. The molecule has 4 heteroatoms. The van der Waals surface area contributed by atoms with Crippen LogP contribution >= 0.6 is 0 Å². The first-order valence-corrected chi connectivity index (χ1v) is 7.89. The number of hydrogen-bond acceptors (Lipinski definition) is 4. The largest absolute Gasteiger partial charge is 0.469 e. The van der Waals surface area contributed by atoms with E-state index in [1.807, 2.05) is 30.3 Å². The summed E-state index contributed by atoms with van der Waals surface area (Å²) in [5, 5.41) is 0. The van der Waals surface area contributed by atoms with E-state index in [-0.39, 0.29) is 18.4 Å². The van der Waals surface area contributed by atoms with Gasteiger partial charge in [0.25, 0.3) is 0 Å². The Morgan fingerprint density at radius 1 is 1.04 bits per heavy atom. The van der Waals surface area contributed by atoms with Crippen molar-refractivity contribution in [2.24, 2.45) is 0 Å². The number of hydrogen-bond donors (Lipinski definition) is 0. The molecule has 0 saturated heterocycles. The number of esters is 2. The van der Waals surface area contributed by atoms with Gasteiger partial charge in [-0.25, -0.2) is 4.79 Å². The maximum Gasteiger partial charge on any atom is 0.338 e. The Morgan fingerprint density at radius 2 is 1.74 bits per heavy atom. The van der Waals surface area contributed by atoms with E-state index in [1.54, 1.807) is 6.92 Å². The molecule has 0 aromatic rings. The first-order chi connectivity index (χ1) is 11.1. The van der Waals surface area contributed by atoms with Gasteiger partial charge in [0.15, 0.2) is 0 Å². The smallest absolute Gasteiger partial charge is 0.338 e. The lowest BCUT2D eigenvalue weighted by Crippen LogP contribution is -2.04. The lowest BCUT2D eigenvalue weighted by molar-refractivity contribution is -0.139. The fraction of sp³-hybridized carbons (Fsp3) is 0.368. The average Bonchev–Trinajstić information content (AvgIpc) is 2.74. The fourth-order valence-electron chi connectivity index (χ4n) is 2.67. The van der Waals surface area contributed by atoms with E-state index in [0.717, 1.165) is 35.1 Å². The predicted octanol–water partition coefficient (Wildman–Crippen LogP) is 3.64. The molecule has 0 atom stereocenters. The van der Waals surface area contributed by atoms with Gasteiger partial charge in [-0.15, -0.1) is 0 Å². The molecule has 2 aliphatic rings. The van der Waals surface area contributed by atoms with Crippen LogP contribution in [0.5, 0.6) is 0 Å². The minimum atomic E-state index is -0.305. The van der Waals surface area contributed by atoms with Crippen LogP contribution in [0.3, 0.4) is 0 Å². The molecule has 0 aromatic carbocycles. The van der Waals surface area contributed by atoms with Crippen molar-refractivity contribution in [2.45, 2.75) is 33.1 Å². The van der Waals surface area contributed by atoms with Gasteiger partial charge in [-0.3, -0.25) is 4.79 Å². The van der Waals surface area contributed by atoms with E-state index >= 15 is 0 Å². The van der Waals surface area contributed by atoms with E-state index in [9.17, 15) is 9.59 Å². The number of fused-ring (bicyclic) bond motifs is 1. The number of ether oxygens (including phenoxy) is 2. The molecule has 0 bridgehead atoms. The Balaban J connectivity index is 2.48. The number of methoxy groups -OCH3 is 1. The van der Waals surface area contributed by atoms with Crippen molar-refractivity contribution in [3.05, 3.63) is 47.0 Å². The summed E-state index contributed by atoms with van der Waals surface area (Å²) in [6.45, 7) is 4.25. The van der Waals surface area contributed by atoms with Crippen molar-refractivity contribution in [2.75, 3.05) is 13.7 Å². The Kier molecular flexibility index (Phi) is 5.74. The van der Waals surface area contributed by atoms with Crippen molar-refractivity contribution in [3.8, 4) is 11.1 Å². The second kappa shape index (κ2) is 7.77. The van der Waals surface area contributed by atoms with Crippen LogP contribution in [0.2, 0.25) is 0 Å². The van der Waals surface area contributed by atoms with Crippen LogP contribution in [0, 0.1) is 0 Å². The van der Waals surface area contributed by atoms with E-state index in [4.69, 9.17) is 9.47 Å². The van der Waals surface area contributed by atoms with Crippen LogP contribution in [0.15, 0.2) is 30.3 Å². The summed E-state index contributed by atoms with van der Waals surface area (Å²) in [7, 11) is 1.37. The molecule has 2 aliphatic carbocycles. The SMILES string of the molecule is CCCc1cc(C(=O)OCC)c2ccc(CC(=O)OC)ccc1-2. The summed E-state index contributed by atoms with van der Waals surface area (Å²) in [5.41, 5.74) is 4.47. The molecule has 0 spiro atoms. The van der Waals surface area contributed by atoms with Crippen LogP contribution in [0.25, 0.3) is 11.1 Å². The summed E-state index contributed by atoms with van der Waals surface area (Å²) in [6, 6.07) is 9.55. The third-order valence-electron chi connectivity index (χ3n) is 3.76. The van der Waals surface area contributed by atoms with Gasteiger partial charge in [-0.2, -0.15) is 0 Å². The molecular weight excluding hydrogens is 292 g/mol. The van der Waals surface area contributed by atoms with E-state index in [1.165, 1.54) is 7.11 Å². The van der Waals surface area contributed by atoms with Gasteiger partial charge in [-0.05, 0) is 41.7 Å². The summed E-state index contributed by atoms with van der Waals surface area (Å²) in [4.78, 5) is 23.6. The van der Waals surface area contributed by atoms with Crippen LogP contribution in [0.1, 0.15) is 41.8 Å². The molecule has 0 radical (unpaired) electrons. The van der Waals surface area contributed by atoms with E-state index in [2.05, 4.69) is 6.92 Å². The Hall–Kier alpha value is -2.36. The molecule has 0 unspecified atom stereocenters. The maximum atomic E-state index is 12.2. The minimum absolute atomic E-state index is 0.214. The highest BCUT2D eigenvalue weighted by Crippen LogP contribution is 2.33. The van der Waals surface area contributed by atoms with Crippen molar-refractivity contribution < 1.29 is 19.1 Å². The summed E-state index contributed by atoms with van der Waals surface area (Å²) in [6.07, 6.45) is 2.10. The molecule has 0 aromatic heterocycles. The number of rotatable bonds is 6. The number of carbonyl (C=O) groups is 2. The molecule has 0 heterocycles. The molecular formula is C19H22O4. The molecule has 0 saturated carbocycles. The zero-order valence-electron chi connectivity index (χ0n) is 13.8. The normalized spacial score (nSPS) is 10.6. The average molecular weight is 314 g/mol. The lowest BCUT2D eigenvalue weighted by Gasteiger charge is -2.01. The van der Waals surface area contributed by atoms with E-state index < -0.39 is 0 Å². The molecule has 122 valence electrons. The molecule has 0 fully saturated rings. The number of aryl methyl sites for hydroxylation is 1. The Morgan fingerprint density at radius 3 is 2.35 bits per heavy atom. The van der Waals surface area contributed by atoms with Crippen LogP contribution in [-0.4, -0.2) is 25.7 Å². The van der Waals surface area contributed by atoms with Gasteiger partial charge in [0.2, 0.25) is 0 Å².